The quantitative estimate of drug-likeness (QED) is 0.0719. The topological polar surface area (TPSA) is 353 Å². The molecule has 2 atom stereocenters. The fraction of sp³-hybridized carbons (Fsp3) is 0.562. The van der Waals surface area contributed by atoms with Crippen molar-refractivity contribution in [1.82, 2.24) is 4.90 Å². The number of benzene rings is 1. The van der Waals surface area contributed by atoms with Gasteiger partial charge in [0.15, 0.2) is 17.2 Å². The predicted octanol–water partition coefficient (Wildman–Crippen LogP) is -7.14. The summed E-state index contributed by atoms with van der Waals surface area (Å²) in [6.45, 7) is 0.800. The number of anilines is 2. The SMILES string of the molecule is CC(N)(O)C(O)(O)N(C(O)(O)Cc1c(O)c(O)c(N)c2c1C(O)(O)C(=O)N2)C(N)(O)C(C)(O)O. The lowest BCUT2D eigenvalue weighted by atomic mass is 9.92. The number of phenolic OH excluding ortho intramolecular Hbond substituents is 2. The molecule has 0 aliphatic carbocycles. The zero-order chi connectivity index (χ0) is 27.0. The molecule has 194 valence electrons. The molecule has 34 heavy (non-hydrogen) atoms. The maximum Gasteiger partial charge on any atom is 0.289 e. The highest BCUT2D eigenvalue weighted by Gasteiger charge is 2.66. The Morgan fingerprint density at radius 1 is 0.941 bits per heavy atom. The van der Waals surface area contributed by atoms with Gasteiger partial charge in [0.05, 0.1) is 11.3 Å². The van der Waals surface area contributed by atoms with Gasteiger partial charge in [-0.25, -0.2) is 0 Å². The van der Waals surface area contributed by atoms with Crippen molar-refractivity contribution in [3.8, 4) is 11.5 Å². The first-order valence-corrected chi connectivity index (χ1v) is 9.13. The molecule has 1 amide bonds. The summed E-state index contributed by atoms with van der Waals surface area (Å²) in [6.07, 6.45) is -1.73. The van der Waals surface area contributed by atoms with Crippen molar-refractivity contribution >= 4 is 17.3 Å². The lowest BCUT2D eigenvalue weighted by Crippen LogP contribution is -2.85. The lowest BCUT2D eigenvalue weighted by Gasteiger charge is -2.54. The summed E-state index contributed by atoms with van der Waals surface area (Å²) in [5, 5.41) is 125. The van der Waals surface area contributed by atoms with Gasteiger partial charge in [-0.3, -0.25) is 16.3 Å². The van der Waals surface area contributed by atoms with Gasteiger partial charge >= 0.3 is 0 Å². The van der Waals surface area contributed by atoms with Crippen molar-refractivity contribution in [3.05, 3.63) is 11.1 Å². The normalized spacial score (nSPS) is 20.0. The number of hydrogen-bond donors (Lipinski definition) is 16. The zero-order valence-corrected chi connectivity index (χ0v) is 17.7. The highest BCUT2D eigenvalue weighted by atomic mass is 16.6. The summed E-state index contributed by atoms with van der Waals surface area (Å²) in [6, 6.07) is 0. The third kappa shape index (κ3) is 3.91. The van der Waals surface area contributed by atoms with E-state index in [2.05, 4.69) is 0 Å². The number of nitrogens with zero attached hydrogens (tertiary/aromatic N) is 1. The Kier molecular flexibility index (Phi) is 6.16. The molecule has 0 aromatic heterocycles. The third-order valence-electron chi connectivity index (χ3n) is 5.29. The smallest absolute Gasteiger partial charge is 0.289 e. The third-order valence-corrected chi connectivity index (χ3v) is 5.29. The van der Waals surface area contributed by atoms with Crippen LogP contribution in [0.15, 0.2) is 0 Å². The van der Waals surface area contributed by atoms with E-state index in [9.17, 15) is 66.1 Å². The molecule has 1 aliphatic heterocycles. The fourth-order valence-electron chi connectivity index (χ4n) is 3.31. The number of hydrogen-bond acceptors (Lipinski definition) is 17. The molecule has 2 rings (SSSR count). The fourth-order valence-corrected chi connectivity index (χ4v) is 3.31. The molecular formula is C16H27N5O13. The first kappa shape index (κ1) is 27.8. The van der Waals surface area contributed by atoms with Crippen LogP contribution in [-0.2, 0) is 17.0 Å². The molecule has 1 aromatic carbocycles. The molecular weight excluding hydrogens is 470 g/mol. The van der Waals surface area contributed by atoms with E-state index in [1.54, 1.807) is 0 Å². The number of fused-ring (bicyclic) bond motifs is 1. The summed E-state index contributed by atoms with van der Waals surface area (Å²) in [4.78, 5) is 11.0. The molecule has 1 heterocycles. The molecule has 19 N–H and O–H groups in total. The van der Waals surface area contributed by atoms with Crippen LogP contribution >= 0.6 is 0 Å². The van der Waals surface area contributed by atoms with Crippen LogP contribution in [0, 0.1) is 0 Å². The predicted molar refractivity (Wildman–Crippen MR) is 106 cm³/mol. The van der Waals surface area contributed by atoms with Crippen molar-refractivity contribution in [2.45, 2.75) is 55.2 Å². The van der Waals surface area contributed by atoms with E-state index < -0.39 is 86.2 Å². The Bertz CT molecular complexity index is 984. The number of nitrogen functional groups attached to an aromatic ring is 1. The number of rotatable bonds is 7. The number of aliphatic hydroxyl groups is 10. The second-order valence-electron chi connectivity index (χ2n) is 8.28. The van der Waals surface area contributed by atoms with Gasteiger partial charge in [0.25, 0.3) is 17.6 Å². The van der Waals surface area contributed by atoms with Gasteiger partial charge in [0.2, 0.25) is 17.5 Å². The van der Waals surface area contributed by atoms with Crippen molar-refractivity contribution in [2.24, 2.45) is 11.5 Å². The van der Waals surface area contributed by atoms with Gasteiger partial charge in [-0.2, -0.15) is 0 Å². The number of nitrogens with one attached hydrogen (secondary N) is 1. The average Bonchev–Trinajstić information content (AvgIpc) is 2.84. The number of carbonyl (C=O) groups excluding carboxylic acids is 1. The summed E-state index contributed by atoms with van der Waals surface area (Å²) in [5.74, 6) is -23.6. The van der Waals surface area contributed by atoms with E-state index in [0.29, 0.717) is 13.8 Å². The number of amides is 1. The van der Waals surface area contributed by atoms with Crippen LogP contribution in [0.25, 0.3) is 0 Å². The minimum atomic E-state index is -4.23. The molecule has 0 radical (unpaired) electrons. The van der Waals surface area contributed by atoms with Crippen LogP contribution in [0.2, 0.25) is 0 Å². The number of phenols is 2. The van der Waals surface area contributed by atoms with Gasteiger partial charge in [-0.05, 0) is 13.8 Å². The number of aromatic hydroxyl groups is 2. The van der Waals surface area contributed by atoms with Crippen LogP contribution in [-0.4, -0.2) is 101 Å². The Morgan fingerprint density at radius 2 is 1.41 bits per heavy atom. The molecule has 1 aliphatic rings. The van der Waals surface area contributed by atoms with Gasteiger partial charge < -0.3 is 72.3 Å². The van der Waals surface area contributed by atoms with Gasteiger partial charge in [-0.15, -0.1) is 4.90 Å². The van der Waals surface area contributed by atoms with Crippen molar-refractivity contribution in [1.29, 1.82) is 0 Å². The lowest BCUT2D eigenvalue weighted by molar-refractivity contribution is -0.495. The van der Waals surface area contributed by atoms with E-state index in [1.807, 2.05) is 5.32 Å². The van der Waals surface area contributed by atoms with Gasteiger partial charge in [0, 0.05) is 12.0 Å². The molecule has 18 heteroatoms. The molecule has 2 unspecified atom stereocenters. The van der Waals surface area contributed by atoms with Crippen molar-refractivity contribution < 1.29 is 66.1 Å². The van der Waals surface area contributed by atoms with Crippen LogP contribution in [0.3, 0.4) is 0 Å². The molecule has 0 fully saturated rings. The Hall–Kier alpha value is -2.43. The maximum absolute atomic E-state index is 11.9. The van der Waals surface area contributed by atoms with Crippen LogP contribution in [0.4, 0.5) is 11.4 Å². The monoisotopic (exact) mass is 497 g/mol. The van der Waals surface area contributed by atoms with Crippen LogP contribution in [0.1, 0.15) is 25.0 Å². The van der Waals surface area contributed by atoms with Gasteiger partial charge in [-0.1, -0.05) is 0 Å². The van der Waals surface area contributed by atoms with E-state index in [1.165, 1.54) is 0 Å². The zero-order valence-electron chi connectivity index (χ0n) is 17.7. The van der Waals surface area contributed by atoms with E-state index in [-0.39, 0.29) is 0 Å². The molecule has 0 spiro atoms. The first-order chi connectivity index (χ1) is 14.8. The van der Waals surface area contributed by atoms with Crippen LogP contribution in [0.5, 0.6) is 11.5 Å². The second kappa shape index (κ2) is 7.53. The molecule has 0 bridgehead atoms. The number of nitrogens with two attached hydrogens (primary N) is 3. The van der Waals surface area contributed by atoms with Crippen molar-refractivity contribution in [2.75, 3.05) is 11.1 Å². The first-order valence-electron chi connectivity index (χ1n) is 9.13. The van der Waals surface area contributed by atoms with E-state index in [4.69, 9.17) is 17.2 Å². The number of carbonyl (C=O) groups is 1. The Labute approximate surface area is 189 Å². The highest BCUT2D eigenvalue weighted by molar-refractivity contribution is 6.08. The molecule has 18 nitrogen and oxygen atoms in total. The minimum absolute atomic E-state index is 0.344. The second-order valence-corrected chi connectivity index (χ2v) is 8.28. The van der Waals surface area contributed by atoms with Gasteiger partial charge in [0.1, 0.15) is 5.69 Å². The summed E-state index contributed by atoms with van der Waals surface area (Å²) in [5.41, 5.74) is 9.06. The van der Waals surface area contributed by atoms with E-state index in [0.717, 1.165) is 0 Å². The van der Waals surface area contributed by atoms with E-state index >= 15 is 0 Å². The average molecular weight is 497 g/mol. The molecule has 0 saturated heterocycles. The summed E-state index contributed by atoms with van der Waals surface area (Å²) < 4.78 is 0. The summed E-state index contributed by atoms with van der Waals surface area (Å²) >= 11 is 0. The maximum atomic E-state index is 11.9. The van der Waals surface area contributed by atoms with Crippen LogP contribution < -0.4 is 22.5 Å². The largest absolute Gasteiger partial charge is 0.504 e. The Balaban J connectivity index is 2.85. The minimum Gasteiger partial charge on any atom is -0.504 e. The van der Waals surface area contributed by atoms with Crippen molar-refractivity contribution in [3.63, 3.8) is 0 Å². The standard InChI is InChI=1S/C16H27N5O13/c1-11(18,25)16(33,34)21(15(19,32)12(2,26)27)13(28,29)3-4-5-7(6(17)9(23)8(4)22)20-10(24)14(5,30)31/h22-23,25-34H,3,17-19H2,1-2H3,(H,20,24). The molecule has 1 aromatic rings. The highest BCUT2D eigenvalue weighted by Crippen LogP contribution is 2.51. The summed E-state index contributed by atoms with van der Waals surface area (Å²) in [7, 11) is 0. The Morgan fingerprint density at radius 3 is 1.82 bits per heavy atom. The molecule has 0 saturated carbocycles.